The Kier molecular flexibility index (Phi) is 5.58. The van der Waals surface area contributed by atoms with Gasteiger partial charge in [0.05, 0.1) is 24.3 Å². The number of pyridine rings is 1. The summed E-state index contributed by atoms with van der Waals surface area (Å²) in [4.78, 5) is 23.1. The minimum atomic E-state index is -0.470. The summed E-state index contributed by atoms with van der Waals surface area (Å²) in [7, 11) is 0. The molecule has 1 amide bonds. The number of hydroxylamine groups is 2. The fraction of sp³-hybridized carbons (Fsp3) is 0.417. The van der Waals surface area contributed by atoms with Crippen LogP contribution in [0.25, 0.3) is 5.65 Å². The lowest BCUT2D eigenvalue weighted by atomic mass is 9.79. The van der Waals surface area contributed by atoms with Crippen LogP contribution in [0.4, 0.5) is 4.39 Å². The third kappa shape index (κ3) is 4.08. The van der Waals surface area contributed by atoms with Crippen molar-refractivity contribution in [3.63, 3.8) is 0 Å². The number of benzene rings is 1. The molecule has 3 aromatic rings. The maximum absolute atomic E-state index is 13.9. The van der Waals surface area contributed by atoms with Crippen LogP contribution in [0, 0.1) is 29.0 Å². The van der Waals surface area contributed by atoms with Crippen LogP contribution < -0.4 is 0 Å². The molecule has 2 fully saturated rings. The molecule has 0 N–H and O–H groups in total. The molecule has 2 aliphatic rings. The van der Waals surface area contributed by atoms with Crippen LogP contribution in [-0.2, 0) is 16.1 Å². The molecule has 1 aliphatic heterocycles. The van der Waals surface area contributed by atoms with Gasteiger partial charge in [0, 0.05) is 18.5 Å². The van der Waals surface area contributed by atoms with Crippen LogP contribution >= 0.6 is 0 Å². The first-order valence-electron chi connectivity index (χ1n) is 11.1. The number of hydrogen-bond donors (Lipinski definition) is 0. The Morgan fingerprint density at radius 1 is 1.19 bits per heavy atom. The largest absolute Gasteiger partial charge is 0.272 e. The molecule has 164 valence electrons. The topological polar surface area (TPSA) is 83.5 Å². The molecule has 1 aromatic carbocycles. The van der Waals surface area contributed by atoms with E-state index in [4.69, 9.17) is 10.1 Å². The molecule has 1 aliphatic carbocycles. The number of halogens is 1. The number of hydrogen-bond acceptors (Lipinski definition) is 5. The summed E-state index contributed by atoms with van der Waals surface area (Å²) in [6.45, 7) is 0.412. The Balaban J connectivity index is 1.22. The highest BCUT2D eigenvalue weighted by Crippen LogP contribution is 2.37. The summed E-state index contributed by atoms with van der Waals surface area (Å²) in [5, 5.41) is 14.8. The Bertz CT molecular complexity index is 1180. The Morgan fingerprint density at radius 3 is 2.84 bits per heavy atom. The zero-order valence-corrected chi connectivity index (χ0v) is 17.7. The van der Waals surface area contributed by atoms with Crippen LogP contribution in [0.15, 0.2) is 42.9 Å². The standard InChI is InChI=1S/C24H24FN5O2/c25-21-11-18(13-26)10-20(12-21)22-7-8-32-30(22)24(31)19-4-1-16(2-5-19)9-17-3-6-23-27-15-28-29(23)14-17/h3,6,10-12,14-16,19,22H,1-2,4-5,7-9H2/t16?,19?,22-/m0/s1. The van der Waals surface area contributed by atoms with Gasteiger partial charge >= 0.3 is 0 Å². The van der Waals surface area contributed by atoms with Crippen molar-refractivity contribution in [3.05, 3.63) is 65.4 Å². The van der Waals surface area contributed by atoms with E-state index in [1.165, 1.54) is 22.8 Å². The lowest BCUT2D eigenvalue weighted by Gasteiger charge is -2.32. The van der Waals surface area contributed by atoms with E-state index in [-0.39, 0.29) is 23.4 Å². The second kappa shape index (κ2) is 8.67. The minimum Gasteiger partial charge on any atom is -0.272 e. The van der Waals surface area contributed by atoms with Gasteiger partial charge in [-0.3, -0.25) is 9.63 Å². The molecular weight excluding hydrogens is 409 g/mol. The first-order chi connectivity index (χ1) is 15.6. The summed E-state index contributed by atoms with van der Waals surface area (Å²) >= 11 is 0. The molecule has 1 saturated heterocycles. The Hall–Kier alpha value is -3.31. The molecule has 8 heteroatoms. The molecule has 0 spiro atoms. The van der Waals surface area contributed by atoms with E-state index >= 15 is 0 Å². The highest BCUT2D eigenvalue weighted by molar-refractivity contribution is 5.78. The van der Waals surface area contributed by atoms with Crippen LogP contribution in [0.3, 0.4) is 0 Å². The summed E-state index contributed by atoms with van der Waals surface area (Å²) in [6.07, 6.45) is 8.71. The Labute approximate surface area is 185 Å². The number of carbonyl (C=O) groups is 1. The maximum atomic E-state index is 13.9. The molecule has 5 rings (SSSR count). The second-order valence-electron chi connectivity index (χ2n) is 8.71. The van der Waals surface area contributed by atoms with Gasteiger partial charge in [-0.1, -0.05) is 6.07 Å². The SMILES string of the molecule is N#Cc1cc(F)cc([C@@H]2CCON2C(=O)C2CCC(Cc3ccc4ncnn4c3)CC2)c1. The fourth-order valence-electron chi connectivity index (χ4n) is 4.97. The quantitative estimate of drug-likeness (QED) is 0.621. The van der Waals surface area contributed by atoms with Crippen molar-refractivity contribution in [1.29, 1.82) is 5.26 Å². The zero-order chi connectivity index (χ0) is 22.1. The van der Waals surface area contributed by atoms with Gasteiger partial charge in [-0.05, 0) is 73.4 Å². The predicted octanol–water partition coefficient (Wildman–Crippen LogP) is 3.99. The van der Waals surface area contributed by atoms with E-state index in [2.05, 4.69) is 16.1 Å². The van der Waals surface area contributed by atoms with E-state index in [0.29, 0.717) is 24.5 Å². The second-order valence-corrected chi connectivity index (χ2v) is 8.71. The highest BCUT2D eigenvalue weighted by Gasteiger charge is 2.37. The Morgan fingerprint density at radius 2 is 2.03 bits per heavy atom. The van der Waals surface area contributed by atoms with Crippen molar-refractivity contribution in [2.45, 2.75) is 44.6 Å². The van der Waals surface area contributed by atoms with Crippen LogP contribution in [0.2, 0.25) is 0 Å². The van der Waals surface area contributed by atoms with Gasteiger partial charge < -0.3 is 0 Å². The van der Waals surface area contributed by atoms with E-state index in [9.17, 15) is 9.18 Å². The highest BCUT2D eigenvalue weighted by atomic mass is 19.1. The third-order valence-electron chi connectivity index (χ3n) is 6.61. The molecule has 2 aromatic heterocycles. The number of amides is 1. The normalized spacial score (nSPS) is 23.4. The van der Waals surface area contributed by atoms with Crippen molar-refractivity contribution in [3.8, 4) is 6.07 Å². The van der Waals surface area contributed by atoms with Crippen molar-refractivity contribution >= 4 is 11.6 Å². The molecular formula is C24H24FN5O2. The fourth-order valence-corrected chi connectivity index (χ4v) is 4.97. The van der Waals surface area contributed by atoms with Gasteiger partial charge in [0.2, 0.25) is 5.91 Å². The van der Waals surface area contributed by atoms with Crippen LogP contribution in [-0.4, -0.2) is 32.2 Å². The maximum Gasteiger partial charge on any atom is 0.249 e. The lowest BCUT2D eigenvalue weighted by molar-refractivity contribution is -0.183. The van der Waals surface area contributed by atoms with Crippen LogP contribution in [0.5, 0.6) is 0 Å². The van der Waals surface area contributed by atoms with E-state index < -0.39 is 5.82 Å². The predicted molar refractivity (Wildman–Crippen MR) is 113 cm³/mol. The summed E-state index contributed by atoms with van der Waals surface area (Å²) < 4.78 is 15.7. The molecule has 1 atom stereocenters. The molecule has 0 bridgehead atoms. The van der Waals surface area contributed by atoms with Crippen molar-refractivity contribution in [2.75, 3.05) is 6.61 Å². The summed E-state index contributed by atoms with van der Waals surface area (Å²) in [5.41, 5.74) is 2.93. The first-order valence-corrected chi connectivity index (χ1v) is 11.1. The minimum absolute atomic E-state index is 0.0299. The van der Waals surface area contributed by atoms with Gasteiger partial charge in [0.25, 0.3) is 0 Å². The molecule has 3 heterocycles. The van der Waals surface area contributed by atoms with Gasteiger partial charge in [-0.15, -0.1) is 0 Å². The van der Waals surface area contributed by atoms with Crippen molar-refractivity contribution in [1.82, 2.24) is 19.7 Å². The van der Waals surface area contributed by atoms with Gasteiger partial charge in [-0.25, -0.2) is 19.0 Å². The first kappa shape index (κ1) is 20.6. The monoisotopic (exact) mass is 433 g/mol. The zero-order valence-electron chi connectivity index (χ0n) is 17.7. The molecule has 7 nitrogen and oxygen atoms in total. The van der Waals surface area contributed by atoms with E-state index in [0.717, 1.165) is 37.8 Å². The molecule has 0 unspecified atom stereocenters. The van der Waals surface area contributed by atoms with Gasteiger partial charge in [0.1, 0.15) is 12.1 Å². The number of fused-ring (bicyclic) bond motifs is 1. The number of nitrogens with zero attached hydrogens (tertiary/aromatic N) is 5. The van der Waals surface area contributed by atoms with Gasteiger partial charge in [0.15, 0.2) is 5.65 Å². The molecule has 32 heavy (non-hydrogen) atoms. The van der Waals surface area contributed by atoms with E-state index in [1.807, 2.05) is 18.3 Å². The third-order valence-corrected chi connectivity index (χ3v) is 6.61. The number of carbonyl (C=O) groups excluding carboxylic acids is 1. The van der Waals surface area contributed by atoms with Crippen LogP contribution in [0.1, 0.15) is 54.8 Å². The average Bonchev–Trinajstić information content (AvgIpc) is 3.48. The number of aromatic nitrogens is 3. The molecule has 1 saturated carbocycles. The lowest BCUT2D eigenvalue weighted by Crippen LogP contribution is -2.36. The summed E-state index contributed by atoms with van der Waals surface area (Å²) in [6, 6.07) is 9.94. The summed E-state index contributed by atoms with van der Waals surface area (Å²) in [5.74, 6) is -0.0638. The average molecular weight is 433 g/mol. The van der Waals surface area contributed by atoms with Crippen molar-refractivity contribution < 1.29 is 14.0 Å². The van der Waals surface area contributed by atoms with Crippen molar-refractivity contribution in [2.24, 2.45) is 11.8 Å². The molecule has 0 radical (unpaired) electrons. The van der Waals surface area contributed by atoms with Gasteiger partial charge in [-0.2, -0.15) is 10.4 Å². The number of rotatable bonds is 4. The smallest absolute Gasteiger partial charge is 0.249 e. The van der Waals surface area contributed by atoms with E-state index in [1.54, 1.807) is 16.9 Å². The number of nitriles is 1.